The minimum Gasteiger partial charge on any atom is -0.493 e. The van der Waals surface area contributed by atoms with Crippen LogP contribution in [0.25, 0.3) is 0 Å². The Balaban J connectivity index is 0.00000320. The maximum atomic E-state index is 6.26. The van der Waals surface area contributed by atoms with E-state index in [-0.39, 0.29) is 12.4 Å². The Morgan fingerprint density at radius 2 is 1.60 bits per heavy atom. The zero-order chi connectivity index (χ0) is 20.6. The number of hydrogen-bond acceptors (Lipinski definition) is 3. The molecule has 3 nitrogen and oxygen atoms in total. The zero-order valence-electron chi connectivity index (χ0n) is 16.5. The van der Waals surface area contributed by atoms with Crippen LogP contribution in [0.3, 0.4) is 0 Å². The van der Waals surface area contributed by atoms with Gasteiger partial charge >= 0.3 is 0 Å². The summed E-state index contributed by atoms with van der Waals surface area (Å²) in [6.45, 7) is 1.82. The van der Waals surface area contributed by atoms with Crippen molar-refractivity contribution in [2.24, 2.45) is 0 Å². The Labute approximate surface area is 198 Å². The molecule has 0 saturated heterocycles. The second kappa shape index (κ2) is 12.3. The van der Waals surface area contributed by atoms with E-state index >= 15 is 0 Å². The fraction of sp³-hybridized carbons (Fsp3) is 0.217. The van der Waals surface area contributed by atoms with Crippen LogP contribution in [0.15, 0.2) is 60.7 Å². The predicted octanol–water partition coefficient (Wildman–Crippen LogP) is 6.99. The van der Waals surface area contributed by atoms with Crippen molar-refractivity contribution in [3.63, 3.8) is 0 Å². The largest absolute Gasteiger partial charge is 0.493 e. The molecule has 0 amide bonds. The van der Waals surface area contributed by atoms with Gasteiger partial charge in [-0.15, -0.1) is 12.4 Å². The third kappa shape index (κ3) is 6.97. The first-order valence-electron chi connectivity index (χ1n) is 9.24. The molecule has 0 aliphatic rings. The van der Waals surface area contributed by atoms with Crippen LogP contribution in [0.5, 0.6) is 11.5 Å². The number of halogens is 4. The van der Waals surface area contributed by atoms with Crippen molar-refractivity contribution in [3.8, 4) is 11.5 Å². The molecule has 1 N–H and O–H groups in total. The lowest BCUT2D eigenvalue weighted by Gasteiger charge is -2.16. The fourth-order valence-corrected chi connectivity index (χ4v) is 3.51. The van der Waals surface area contributed by atoms with E-state index in [1.165, 1.54) is 5.56 Å². The summed E-state index contributed by atoms with van der Waals surface area (Å²) in [4.78, 5) is 0. The van der Waals surface area contributed by atoms with Crippen molar-refractivity contribution >= 4 is 47.2 Å². The second-order valence-corrected chi connectivity index (χ2v) is 7.81. The van der Waals surface area contributed by atoms with Crippen molar-refractivity contribution in [3.05, 3.63) is 92.4 Å². The first-order valence-corrected chi connectivity index (χ1v) is 10.4. The van der Waals surface area contributed by atoms with Gasteiger partial charge < -0.3 is 14.8 Å². The summed E-state index contributed by atoms with van der Waals surface area (Å²) in [7, 11) is 1.63. The van der Waals surface area contributed by atoms with Crippen molar-refractivity contribution in [1.82, 2.24) is 5.32 Å². The second-order valence-electron chi connectivity index (χ2n) is 6.53. The lowest BCUT2D eigenvalue weighted by molar-refractivity contribution is 0.281. The number of nitrogens with one attached hydrogen (secondary N) is 1. The van der Waals surface area contributed by atoms with E-state index in [0.29, 0.717) is 34.7 Å². The predicted molar refractivity (Wildman–Crippen MR) is 128 cm³/mol. The highest BCUT2D eigenvalue weighted by Gasteiger charge is 2.12. The number of hydrogen-bond donors (Lipinski definition) is 1. The Bertz CT molecular complexity index is 948. The summed E-state index contributed by atoms with van der Waals surface area (Å²) in [5.41, 5.74) is 3.12. The smallest absolute Gasteiger partial charge is 0.166 e. The first-order chi connectivity index (χ1) is 14.1. The van der Waals surface area contributed by atoms with Crippen molar-refractivity contribution in [1.29, 1.82) is 0 Å². The van der Waals surface area contributed by atoms with Crippen molar-refractivity contribution in [2.75, 3.05) is 13.7 Å². The molecule has 0 atom stereocenters. The number of para-hydroxylation sites is 1. The van der Waals surface area contributed by atoms with E-state index in [1.807, 2.05) is 48.5 Å². The van der Waals surface area contributed by atoms with Crippen LogP contribution in [0.4, 0.5) is 0 Å². The summed E-state index contributed by atoms with van der Waals surface area (Å²) < 4.78 is 11.6. The highest BCUT2D eigenvalue weighted by molar-refractivity contribution is 6.35. The standard InChI is InChI=1S/C23H22Cl3NO2.ClH/c1-28-22-4-2-3-17(14-27-12-11-16-5-8-19(24)9-6-16)23(22)29-15-18-7-10-20(25)13-21(18)26;/h2-10,13,27H,11-12,14-15H2,1H3;1H. The number of ether oxygens (including phenoxy) is 2. The highest BCUT2D eigenvalue weighted by atomic mass is 35.5. The van der Waals surface area contributed by atoms with Crippen LogP contribution in [0.2, 0.25) is 15.1 Å². The molecule has 0 aliphatic carbocycles. The van der Waals surface area contributed by atoms with Gasteiger partial charge in [-0.2, -0.15) is 0 Å². The van der Waals surface area contributed by atoms with Crippen LogP contribution < -0.4 is 14.8 Å². The molecular formula is C23H23Cl4NO2. The molecular weight excluding hydrogens is 464 g/mol. The molecule has 0 spiro atoms. The van der Waals surface area contributed by atoms with Crippen LogP contribution >= 0.6 is 47.2 Å². The quantitative estimate of drug-likeness (QED) is 0.330. The molecule has 0 fully saturated rings. The van der Waals surface area contributed by atoms with Crippen LogP contribution in [0, 0.1) is 0 Å². The average Bonchev–Trinajstić information content (AvgIpc) is 2.72. The van der Waals surface area contributed by atoms with Crippen LogP contribution in [-0.4, -0.2) is 13.7 Å². The van der Waals surface area contributed by atoms with Gasteiger partial charge in [0.25, 0.3) is 0 Å². The first kappa shape index (κ1) is 24.6. The van der Waals surface area contributed by atoms with E-state index in [0.717, 1.165) is 29.1 Å². The van der Waals surface area contributed by atoms with E-state index in [4.69, 9.17) is 44.3 Å². The monoisotopic (exact) mass is 485 g/mol. The molecule has 3 rings (SSSR count). The fourth-order valence-electron chi connectivity index (χ4n) is 2.92. The third-order valence-corrected chi connectivity index (χ3v) is 5.33. The Morgan fingerprint density at radius 1 is 0.867 bits per heavy atom. The van der Waals surface area contributed by atoms with Gasteiger partial charge in [0.05, 0.1) is 7.11 Å². The molecule has 0 bridgehead atoms. The SMILES string of the molecule is COc1cccc(CNCCc2ccc(Cl)cc2)c1OCc1ccc(Cl)cc1Cl.Cl. The molecule has 3 aromatic carbocycles. The maximum Gasteiger partial charge on any atom is 0.166 e. The molecule has 0 unspecified atom stereocenters. The third-order valence-electron chi connectivity index (χ3n) is 4.49. The summed E-state index contributed by atoms with van der Waals surface area (Å²) >= 11 is 18.2. The van der Waals surface area contributed by atoms with E-state index in [9.17, 15) is 0 Å². The highest BCUT2D eigenvalue weighted by Crippen LogP contribution is 2.32. The van der Waals surface area contributed by atoms with Crippen LogP contribution in [-0.2, 0) is 19.6 Å². The van der Waals surface area contributed by atoms with E-state index < -0.39 is 0 Å². The Kier molecular flexibility index (Phi) is 10.1. The minimum atomic E-state index is 0. The maximum absolute atomic E-state index is 6.26. The Morgan fingerprint density at radius 3 is 2.30 bits per heavy atom. The van der Waals surface area contributed by atoms with Gasteiger partial charge in [-0.25, -0.2) is 0 Å². The summed E-state index contributed by atoms with van der Waals surface area (Å²) in [5.74, 6) is 1.40. The summed E-state index contributed by atoms with van der Waals surface area (Å²) in [5, 5.41) is 5.39. The van der Waals surface area contributed by atoms with Gasteiger partial charge in [0, 0.05) is 32.7 Å². The lowest BCUT2D eigenvalue weighted by atomic mass is 10.1. The number of rotatable bonds is 9. The van der Waals surface area contributed by atoms with Gasteiger partial charge in [0.1, 0.15) is 6.61 Å². The lowest BCUT2D eigenvalue weighted by Crippen LogP contribution is -2.17. The zero-order valence-corrected chi connectivity index (χ0v) is 19.5. The van der Waals surface area contributed by atoms with Crippen LogP contribution in [0.1, 0.15) is 16.7 Å². The summed E-state index contributed by atoms with van der Waals surface area (Å²) in [6, 6.07) is 19.1. The van der Waals surface area contributed by atoms with E-state index in [2.05, 4.69) is 5.32 Å². The molecule has 0 heterocycles. The Hall–Kier alpha value is -1.62. The molecule has 0 aliphatic heterocycles. The molecule has 7 heteroatoms. The minimum absolute atomic E-state index is 0. The van der Waals surface area contributed by atoms with Gasteiger partial charge in [-0.05, 0) is 48.9 Å². The van der Waals surface area contributed by atoms with Gasteiger partial charge in [0.15, 0.2) is 11.5 Å². The van der Waals surface area contributed by atoms with Gasteiger partial charge in [0.2, 0.25) is 0 Å². The number of benzene rings is 3. The molecule has 3 aromatic rings. The summed E-state index contributed by atoms with van der Waals surface area (Å²) in [6.07, 6.45) is 0.914. The average molecular weight is 487 g/mol. The van der Waals surface area contributed by atoms with Gasteiger partial charge in [-0.3, -0.25) is 0 Å². The van der Waals surface area contributed by atoms with Gasteiger partial charge in [-0.1, -0.05) is 65.1 Å². The van der Waals surface area contributed by atoms with E-state index in [1.54, 1.807) is 19.2 Å². The molecule has 0 aromatic heterocycles. The topological polar surface area (TPSA) is 30.5 Å². The molecule has 0 saturated carbocycles. The van der Waals surface area contributed by atoms with Crippen molar-refractivity contribution < 1.29 is 9.47 Å². The molecule has 160 valence electrons. The molecule has 30 heavy (non-hydrogen) atoms. The number of methoxy groups -OCH3 is 1. The molecule has 0 radical (unpaired) electrons. The normalized spacial score (nSPS) is 10.4. The van der Waals surface area contributed by atoms with Crippen molar-refractivity contribution in [2.45, 2.75) is 19.6 Å².